The number of carbonyl (C=O) groups is 1. The Balaban J connectivity index is 2.34. The third-order valence-electron chi connectivity index (χ3n) is 2.80. The van der Waals surface area contributed by atoms with Gasteiger partial charge in [-0.25, -0.2) is 0 Å². The number of allylic oxidation sites excluding steroid dienone is 2. The average Bonchev–Trinajstić information content (AvgIpc) is 1.91. The van der Waals surface area contributed by atoms with E-state index in [0.717, 1.165) is 12.8 Å². The van der Waals surface area contributed by atoms with Crippen LogP contribution in [0, 0.1) is 11.8 Å². The molecule has 0 amide bonds. The molecule has 10 heavy (non-hydrogen) atoms. The third kappa shape index (κ3) is 0.731. The number of rotatable bonds is 0. The van der Waals surface area contributed by atoms with Gasteiger partial charge in [0, 0.05) is 12.3 Å². The molecule has 0 N–H and O–H groups in total. The van der Waals surface area contributed by atoms with Crippen LogP contribution in [-0.2, 0) is 4.79 Å². The first-order valence-corrected chi connectivity index (χ1v) is 3.98. The molecule has 0 spiro atoms. The molecule has 1 saturated carbocycles. The second-order valence-corrected chi connectivity index (χ2v) is 3.46. The predicted molar refractivity (Wildman–Crippen MR) is 39.6 cm³/mol. The second-order valence-electron chi connectivity index (χ2n) is 3.46. The van der Waals surface area contributed by atoms with E-state index in [0.29, 0.717) is 17.6 Å². The normalized spacial score (nSPS) is 38.1. The Bertz CT molecular complexity index is 203. The van der Waals surface area contributed by atoms with Crippen LogP contribution in [0.2, 0.25) is 0 Å². The van der Waals surface area contributed by atoms with Crippen LogP contribution in [0.25, 0.3) is 0 Å². The summed E-state index contributed by atoms with van der Waals surface area (Å²) in [5.74, 6) is 1.38. The first kappa shape index (κ1) is 6.14. The average molecular weight is 136 g/mol. The minimum atomic E-state index is 0.296. The molecule has 0 aliphatic heterocycles. The molecule has 3 rings (SSSR count). The van der Waals surface area contributed by atoms with Crippen molar-refractivity contribution in [3.63, 3.8) is 0 Å². The molecular weight excluding hydrogens is 124 g/mol. The van der Waals surface area contributed by atoms with E-state index >= 15 is 0 Å². The molecule has 0 aromatic carbocycles. The molecule has 2 atom stereocenters. The summed E-state index contributed by atoms with van der Waals surface area (Å²) in [6.07, 6.45) is 5.35. The van der Waals surface area contributed by atoms with Crippen molar-refractivity contribution in [1.82, 2.24) is 0 Å². The van der Waals surface area contributed by atoms with Crippen molar-refractivity contribution in [2.45, 2.75) is 26.2 Å². The molecule has 3 aliphatic rings. The van der Waals surface area contributed by atoms with Gasteiger partial charge in [0.05, 0.1) is 0 Å². The smallest absolute Gasteiger partial charge is 0.140 e. The van der Waals surface area contributed by atoms with Crippen LogP contribution in [0.3, 0.4) is 0 Å². The van der Waals surface area contributed by atoms with E-state index in [-0.39, 0.29) is 0 Å². The van der Waals surface area contributed by atoms with Crippen LogP contribution >= 0.6 is 0 Å². The molecule has 0 aromatic heterocycles. The molecule has 0 unspecified atom stereocenters. The number of hydrogen-bond acceptors (Lipinski definition) is 1. The Morgan fingerprint density at radius 1 is 1.50 bits per heavy atom. The summed E-state index contributed by atoms with van der Waals surface area (Å²) in [4.78, 5) is 11.2. The number of ketones is 1. The van der Waals surface area contributed by atoms with E-state index in [4.69, 9.17) is 0 Å². The fraction of sp³-hybridized carbons (Fsp3) is 0.667. The van der Waals surface area contributed by atoms with Crippen molar-refractivity contribution >= 4 is 5.78 Å². The zero-order chi connectivity index (χ0) is 7.14. The lowest BCUT2D eigenvalue weighted by Gasteiger charge is -2.32. The van der Waals surface area contributed by atoms with Crippen molar-refractivity contribution in [2.75, 3.05) is 0 Å². The Hall–Kier alpha value is -0.590. The highest BCUT2D eigenvalue weighted by Gasteiger charge is 2.32. The van der Waals surface area contributed by atoms with Crippen LogP contribution in [-0.4, -0.2) is 5.78 Å². The Kier molecular flexibility index (Phi) is 1.19. The number of Topliss-reactive ketones (excluding diaryl/α,β-unsaturated/α-hetero) is 1. The van der Waals surface area contributed by atoms with Gasteiger partial charge in [0.1, 0.15) is 5.78 Å². The van der Waals surface area contributed by atoms with Crippen molar-refractivity contribution in [2.24, 2.45) is 11.8 Å². The van der Waals surface area contributed by atoms with Crippen molar-refractivity contribution in [3.05, 3.63) is 11.6 Å². The zero-order valence-electron chi connectivity index (χ0n) is 6.26. The number of fused-ring (bicyclic) bond motifs is 2. The molecule has 0 heterocycles. The summed E-state index contributed by atoms with van der Waals surface area (Å²) < 4.78 is 0. The topological polar surface area (TPSA) is 17.1 Å². The molecule has 54 valence electrons. The summed E-state index contributed by atoms with van der Waals surface area (Å²) in [5, 5.41) is 0. The number of carbonyl (C=O) groups excluding carboxylic acids is 1. The molecule has 0 saturated heterocycles. The van der Waals surface area contributed by atoms with Gasteiger partial charge in [-0.2, -0.15) is 0 Å². The van der Waals surface area contributed by atoms with E-state index in [9.17, 15) is 4.79 Å². The lowest BCUT2D eigenvalue weighted by Crippen LogP contribution is -2.29. The number of hydrogen-bond donors (Lipinski definition) is 0. The van der Waals surface area contributed by atoms with Crippen LogP contribution in [0.15, 0.2) is 11.6 Å². The fourth-order valence-corrected chi connectivity index (χ4v) is 2.06. The molecule has 1 heteroatoms. The van der Waals surface area contributed by atoms with Gasteiger partial charge in [-0.3, -0.25) is 4.79 Å². The highest BCUT2D eigenvalue weighted by Crippen LogP contribution is 2.37. The lowest BCUT2D eigenvalue weighted by atomic mass is 9.71. The molecule has 3 aliphatic carbocycles. The first-order valence-electron chi connectivity index (χ1n) is 3.98. The molecule has 1 fully saturated rings. The van der Waals surface area contributed by atoms with Crippen LogP contribution in [0.5, 0.6) is 0 Å². The van der Waals surface area contributed by atoms with Crippen LogP contribution in [0.1, 0.15) is 26.2 Å². The van der Waals surface area contributed by atoms with Gasteiger partial charge >= 0.3 is 0 Å². The van der Waals surface area contributed by atoms with Crippen LogP contribution < -0.4 is 0 Å². The quantitative estimate of drug-likeness (QED) is 0.465. The predicted octanol–water partition coefficient (Wildman–Crippen LogP) is 1.93. The van der Waals surface area contributed by atoms with Crippen molar-refractivity contribution in [1.29, 1.82) is 0 Å². The van der Waals surface area contributed by atoms with Gasteiger partial charge < -0.3 is 0 Å². The van der Waals surface area contributed by atoms with Crippen molar-refractivity contribution in [3.8, 4) is 0 Å². The SMILES string of the molecule is CC1=C[C@H]2CC[C@H]1CC2=O. The van der Waals surface area contributed by atoms with Crippen LogP contribution in [0.4, 0.5) is 0 Å². The summed E-state index contributed by atoms with van der Waals surface area (Å²) in [7, 11) is 0. The maximum Gasteiger partial charge on any atom is 0.140 e. The summed E-state index contributed by atoms with van der Waals surface area (Å²) >= 11 is 0. The highest BCUT2D eigenvalue weighted by atomic mass is 16.1. The van der Waals surface area contributed by atoms with E-state index in [2.05, 4.69) is 13.0 Å². The Labute approximate surface area is 61.1 Å². The third-order valence-corrected chi connectivity index (χ3v) is 2.80. The standard InChI is InChI=1S/C9H12O/c1-6-4-8-3-2-7(6)5-9(8)10/h4,7-8H,2-3,5H2,1H3/t7-,8+/m0/s1. The second kappa shape index (κ2) is 1.94. The van der Waals surface area contributed by atoms with Crippen molar-refractivity contribution < 1.29 is 4.79 Å². The fourth-order valence-electron chi connectivity index (χ4n) is 2.06. The van der Waals surface area contributed by atoms with Gasteiger partial charge in [-0.1, -0.05) is 11.6 Å². The minimum Gasteiger partial charge on any atom is -0.299 e. The van der Waals surface area contributed by atoms with Gasteiger partial charge in [0.2, 0.25) is 0 Å². The van der Waals surface area contributed by atoms with E-state index in [1.165, 1.54) is 12.0 Å². The monoisotopic (exact) mass is 136 g/mol. The highest BCUT2D eigenvalue weighted by molar-refractivity contribution is 5.85. The lowest BCUT2D eigenvalue weighted by molar-refractivity contribution is -0.124. The minimum absolute atomic E-state index is 0.296. The summed E-state index contributed by atoms with van der Waals surface area (Å²) in [5.41, 5.74) is 1.45. The van der Waals surface area contributed by atoms with Gasteiger partial charge in [-0.15, -0.1) is 0 Å². The van der Waals surface area contributed by atoms with Gasteiger partial charge in [0.15, 0.2) is 0 Å². The molecule has 0 radical (unpaired) electrons. The summed E-state index contributed by atoms with van der Waals surface area (Å²) in [6, 6.07) is 0. The van der Waals surface area contributed by atoms with E-state index in [1.54, 1.807) is 0 Å². The molecule has 1 nitrogen and oxygen atoms in total. The molecular formula is C9H12O. The molecule has 0 aromatic rings. The Morgan fingerprint density at radius 2 is 2.30 bits per heavy atom. The molecule has 2 bridgehead atoms. The maximum absolute atomic E-state index is 11.2. The Morgan fingerprint density at radius 3 is 2.60 bits per heavy atom. The maximum atomic E-state index is 11.2. The van der Waals surface area contributed by atoms with E-state index in [1.807, 2.05) is 0 Å². The van der Waals surface area contributed by atoms with E-state index < -0.39 is 0 Å². The zero-order valence-corrected chi connectivity index (χ0v) is 6.26. The summed E-state index contributed by atoms with van der Waals surface area (Å²) in [6.45, 7) is 2.16. The largest absolute Gasteiger partial charge is 0.299 e. The first-order chi connectivity index (χ1) is 4.77. The van der Waals surface area contributed by atoms with Gasteiger partial charge in [-0.05, 0) is 25.7 Å². The van der Waals surface area contributed by atoms with Gasteiger partial charge in [0.25, 0.3) is 0 Å².